The zero-order valence-corrected chi connectivity index (χ0v) is 14.1. The van der Waals surface area contributed by atoms with Gasteiger partial charge in [0.25, 0.3) is 10.0 Å². The topological polar surface area (TPSA) is 59.0 Å². The summed E-state index contributed by atoms with van der Waals surface area (Å²) in [6.45, 7) is 5.09. The summed E-state index contributed by atoms with van der Waals surface area (Å²) >= 11 is 0. The highest BCUT2D eigenvalue weighted by Gasteiger charge is 2.27. The summed E-state index contributed by atoms with van der Waals surface area (Å²) in [6.07, 6.45) is 5.41. The van der Waals surface area contributed by atoms with Crippen molar-refractivity contribution in [2.75, 3.05) is 12.3 Å². The van der Waals surface area contributed by atoms with E-state index >= 15 is 0 Å². The van der Waals surface area contributed by atoms with Gasteiger partial charge in [-0.3, -0.25) is 0 Å². The number of hydrogen-bond donors (Lipinski definition) is 0. The van der Waals surface area contributed by atoms with Gasteiger partial charge in [0.1, 0.15) is 6.61 Å². The number of benzene rings is 1. The van der Waals surface area contributed by atoms with Gasteiger partial charge in [-0.1, -0.05) is 38.1 Å². The molecule has 0 atom stereocenters. The second-order valence-corrected chi connectivity index (χ2v) is 7.71. The third-order valence-corrected chi connectivity index (χ3v) is 5.01. The molecule has 6 heteroatoms. The molecule has 2 aliphatic heterocycles. The van der Waals surface area contributed by atoms with E-state index in [1.165, 1.54) is 5.56 Å². The molecule has 3 rings (SSSR count). The molecule has 0 radical (unpaired) electrons. The van der Waals surface area contributed by atoms with Crippen LogP contribution in [0.4, 0.5) is 0 Å². The summed E-state index contributed by atoms with van der Waals surface area (Å²) in [5.41, 5.74) is 2.32. The molecule has 0 aromatic heterocycles. The Morgan fingerprint density at radius 1 is 1.26 bits per heavy atom. The molecule has 122 valence electrons. The maximum Gasteiger partial charge on any atom is 0.256 e. The van der Waals surface area contributed by atoms with Crippen molar-refractivity contribution >= 4 is 15.9 Å². The maximum absolute atomic E-state index is 11.7. The Balaban J connectivity index is 1.73. The number of amidine groups is 1. The third-order valence-electron chi connectivity index (χ3n) is 3.86. The largest absolute Gasteiger partial charge is 0.485 e. The lowest BCUT2D eigenvalue weighted by atomic mass is 10.0. The first-order valence-corrected chi connectivity index (χ1v) is 9.25. The van der Waals surface area contributed by atoms with E-state index in [1.54, 1.807) is 11.0 Å². The van der Waals surface area contributed by atoms with Crippen LogP contribution < -0.4 is 0 Å². The van der Waals surface area contributed by atoms with Gasteiger partial charge in [-0.15, -0.1) is 4.40 Å². The van der Waals surface area contributed by atoms with E-state index in [-0.39, 0.29) is 5.75 Å². The first-order chi connectivity index (χ1) is 10.9. The quantitative estimate of drug-likeness (QED) is 0.851. The minimum Gasteiger partial charge on any atom is -0.485 e. The van der Waals surface area contributed by atoms with Crippen LogP contribution in [0.5, 0.6) is 0 Å². The van der Waals surface area contributed by atoms with Crippen molar-refractivity contribution in [1.82, 2.24) is 4.90 Å². The summed E-state index contributed by atoms with van der Waals surface area (Å²) in [6, 6.07) is 8.25. The molecular weight excluding hydrogens is 312 g/mol. The minimum atomic E-state index is -3.39. The number of rotatable bonds is 4. The second kappa shape index (κ2) is 6.20. The van der Waals surface area contributed by atoms with Crippen molar-refractivity contribution in [3.8, 4) is 0 Å². The molecule has 0 saturated carbocycles. The molecule has 1 aromatic rings. The van der Waals surface area contributed by atoms with Crippen molar-refractivity contribution in [3.05, 3.63) is 59.5 Å². The number of ether oxygens (including phenoxy) is 1. The van der Waals surface area contributed by atoms with Gasteiger partial charge in [0, 0.05) is 12.7 Å². The second-order valence-electron chi connectivity index (χ2n) is 5.95. The van der Waals surface area contributed by atoms with E-state index < -0.39 is 10.0 Å². The molecular formula is C17H20N2O3S. The third kappa shape index (κ3) is 3.64. The van der Waals surface area contributed by atoms with E-state index in [1.807, 2.05) is 24.4 Å². The van der Waals surface area contributed by atoms with Crippen LogP contribution in [0.2, 0.25) is 0 Å². The number of sulfonamides is 1. The van der Waals surface area contributed by atoms with Gasteiger partial charge in [-0.25, -0.2) is 8.42 Å². The van der Waals surface area contributed by atoms with Gasteiger partial charge in [0.15, 0.2) is 11.6 Å². The first kappa shape index (κ1) is 15.8. The van der Waals surface area contributed by atoms with Crippen molar-refractivity contribution in [3.63, 3.8) is 0 Å². The predicted molar refractivity (Wildman–Crippen MR) is 90.5 cm³/mol. The Kier molecular flexibility index (Phi) is 4.26. The van der Waals surface area contributed by atoms with Crippen molar-refractivity contribution in [2.45, 2.75) is 26.4 Å². The Morgan fingerprint density at radius 2 is 2.00 bits per heavy atom. The van der Waals surface area contributed by atoms with E-state index in [0.717, 1.165) is 5.56 Å². The molecule has 2 aliphatic rings. The molecule has 0 unspecified atom stereocenters. The average molecular weight is 332 g/mol. The predicted octanol–water partition coefficient (Wildman–Crippen LogP) is 2.78. The molecule has 0 N–H and O–H groups in total. The average Bonchev–Trinajstić information content (AvgIpc) is 2.52. The fraction of sp³-hybridized carbons (Fsp3) is 0.353. The lowest BCUT2D eigenvalue weighted by Gasteiger charge is -2.28. The van der Waals surface area contributed by atoms with E-state index in [0.29, 0.717) is 30.7 Å². The van der Waals surface area contributed by atoms with Gasteiger partial charge >= 0.3 is 0 Å². The van der Waals surface area contributed by atoms with Crippen molar-refractivity contribution < 1.29 is 13.2 Å². The summed E-state index contributed by atoms with van der Waals surface area (Å²) < 4.78 is 33.1. The molecule has 23 heavy (non-hydrogen) atoms. The highest BCUT2D eigenvalue weighted by molar-refractivity contribution is 7.90. The highest BCUT2D eigenvalue weighted by Crippen LogP contribution is 2.20. The van der Waals surface area contributed by atoms with Gasteiger partial charge in [-0.05, 0) is 29.2 Å². The fourth-order valence-corrected chi connectivity index (χ4v) is 3.44. The summed E-state index contributed by atoms with van der Waals surface area (Å²) in [5, 5.41) is 0. The van der Waals surface area contributed by atoms with Crippen LogP contribution in [0, 0.1) is 0 Å². The Labute approximate surface area is 137 Å². The number of hydrogen-bond acceptors (Lipinski definition) is 4. The molecule has 1 aromatic carbocycles. The molecule has 0 spiro atoms. The summed E-state index contributed by atoms with van der Waals surface area (Å²) in [4.78, 5) is 1.80. The number of allylic oxidation sites excluding steroid dienone is 2. The van der Waals surface area contributed by atoms with Gasteiger partial charge in [0.05, 0.1) is 5.75 Å². The van der Waals surface area contributed by atoms with Crippen LogP contribution in [-0.4, -0.2) is 31.5 Å². The lowest BCUT2D eigenvalue weighted by molar-refractivity contribution is 0.211. The van der Waals surface area contributed by atoms with Crippen LogP contribution in [-0.2, 0) is 21.4 Å². The zero-order chi connectivity index (χ0) is 16.4. The molecule has 0 amide bonds. The van der Waals surface area contributed by atoms with E-state index in [9.17, 15) is 8.42 Å². The fourth-order valence-electron chi connectivity index (χ4n) is 2.46. The highest BCUT2D eigenvalue weighted by atomic mass is 32.2. The molecule has 2 heterocycles. The van der Waals surface area contributed by atoms with E-state index in [4.69, 9.17) is 4.74 Å². The maximum atomic E-state index is 11.7. The van der Waals surface area contributed by atoms with Crippen LogP contribution in [0.1, 0.15) is 30.9 Å². The standard InChI is InChI=1S/C17H20N2O3S/c1-13(2)15-7-5-14(6-8-15)12-22-16-4-3-9-19-10-11-23(20,21)18-17(16)19/h3-9,13H,10-12H2,1-2H3. The van der Waals surface area contributed by atoms with Crippen LogP contribution in [0.15, 0.2) is 52.8 Å². The van der Waals surface area contributed by atoms with Gasteiger partial charge in [-0.2, -0.15) is 0 Å². The molecule has 5 nitrogen and oxygen atoms in total. The SMILES string of the molecule is CC(C)c1ccc(COC2=CC=CN3CCS(=O)(=O)N=C23)cc1. The smallest absolute Gasteiger partial charge is 0.256 e. The van der Waals surface area contributed by atoms with Crippen LogP contribution in [0.3, 0.4) is 0 Å². The molecule has 0 aliphatic carbocycles. The lowest BCUT2D eigenvalue weighted by Crippen LogP contribution is -2.38. The van der Waals surface area contributed by atoms with E-state index in [2.05, 4.69) is 30.4 Å². The Bertz CT molecular complexity index is 775. The normalized spacial score (nSPS) is 19.2. The number of nitrogens with zero attached hydrogens (tertiary/aromatic N) is 2. The first-order valence-electron chi connectivity index (χ1n) is 7.64. The Morgan fingerprint density at radius 3 is 2.70 bits per heavy atom. The van der Waals surface area contributed by atoms with Crippen molar-refractivity contribution in [1.29, 1.82) is 0 Å². The van der Waals surface area contributed by atoms with Crippen molar-refractivity contribution in [2.24, 2.45) is 4.40 Å². The minimum absolute atomic E-state index is 0.0325. The monoisotopic (exact) mass is 332 g/mol. The van der Waals surface area contributed by atoms with Gasteiger partial charge < -0.3 is 9.64 Å². The van der Waals surface area contributed by atoms with Gasteiger partial charge in [0.2, 0.25) is 0 Å². The molecule has 0 bridgehead atoms. The number of fused-ring (bicyclic) bond motifs is 1. The zero-order valence-electron chi connectivity index (χ0n) is 13.3. The Hall–Kier alpha value is -2.08. The van der Waals surface area contributed by atoms with Crippen LogP contribution >= 0.6 is 0 Å². The summed E-state index contributed by atoms with van der Waals surface area (Å²) in [7, 11) is -3.39. The summed E-state index contributed by atoms with van der Waals surface area (Å²) in [5.74, 6) is 1.39. The van der Waals surface area contributed by atoms with Crippen LogP contribution in [0.25, 0.3) is 0 Å². The molecule has 0 fully saturated rings. The molecule has 0 saturated heterocycles.